The molecular weight excluding hydrogens is 1080 g/mol. The van der Waals surface area contributed by atoms with E-state index in [1.54, 1.807) is 19.2 Å². The zero-order valence-corrected chi connectivity index (χ0v) is 45.6. The number of anilines is 1. The van der Waals surface area contributed by atoms with E-state index in [1.165, 1.54) is 33.7 Å². The highest BCUT2D eigenvalue weighted by Gasteiger charge is 2.44. The van der Waals surface area contributed by atoms with Gasteiger partial charge in [0.25, 0.3) is 11.5 Å². The number of rotatable bonds is 23. The average molecular weight is 1140 g/mol. The number of benzene rings is 2. The van der Waals surface area contributed by atoms with Crippen molar-refractivity contribution in [2.75, 3.05) is 51.2 Å². The molecule has 3 aromatic rings. The molecule has 3 heterocycles. The Morgan fingerprint density at radius 2 is 1.83 bits per heavy atom. The fourth-order valence-corrected chi connectivity index (χ4v) is 13.3. The number of carbonyl (C=O) groups is 2. The highest BCUT2D eigenvalue weighted by atomic mass is 33.1. The Bertz CT molecular complexity index is 3120. The summed E-state index contributed by atoms with van der Waals surface area (Å²) >= 11 is 0. The first-order valence-corrected chi connectivity index (χ1v) is 29.6. The zero-order valence-electron chi connectivity index (χ0n) is 41.2. The first kappa shape index (κ1) is 59.3. The van der Waals surface area contributed by atoms with Crippen molar-refractivity contribution in [2.24, 2.45) is 10.9 Å². The van der Waals surface area contributed by atoms with Gasteiger partial charge in [0.1, 0.15) is 41.9 Å². The van der Waals surface area contributed by atoms with Crippen molar-refractivity contribution >= 4 is 68.3 Å². The fraction of sp³-hybridized carbons (Fsp3) is 0.413. The molecule has 2 aromatic carbocycles. The Kier molecular flexibility index (Phi) is 19.8. The number of phosphoric ester groups is 1. The highest BCUT2D eigenvalue weighted by Crippen LogP contribution is 2.66. The topological polar surface area (TPSA) is 342 Å². The van der Waals surface area contributed by atoms with Crippen LogP contribution in [-0.2, 0) is 41.1 Å². The summed E-state index contributed by atoms with van der Waals surface area (Å²) in [7, 11) is -12.5. The van der Waals surface area contributed by atoms with Crippen LogP contribution in [0.3, 0.4) is 0 Å². The van der Waals surface area contributed by atoms with Gasteiger partial charge in [0.05, 0.1) is 30.6 Å². The number of hydrogen-bond donors (Lipinski definition) is 8. The normalized spacial score (nSPS) is 21.5. The van der Waals surface area contributed by atoms with E-state index in [9.17, 15) is 47.8 Å². The number of phosphoric acid groups is 3. The van der Waals surface area contributed by atoms with Crippen LogP contribution in [0.15, 0.2) is 87.2 Å². The van der Waals surface area contributed by atoms with E-state index in [4.69, 9.17) is 33.3 Å². The molecule has 0 spiro atoms. The molecule has 24 nitrogen and oxygen atoms in total. The molecule has 1 saturated heterocycles. The Balaban J connectivity index is 1.04. The lowest BCUT2D eigenvalue weighted by molar-refractivity contribution is -0.0571. The number of carboxylic acid groups (broad SMARTS) is 1. The first-order valence-electron chi connectivity index (χ1n) is 22.7. The average Bonchev–Trinajstić information content (AvgIpc) is 3.73. The van der Waals surface area contributed by atoms with Gasteiger partial charge in [-0.3, -0.25) is 28.7 Å². The van der Waals surface area contributed by atoms with Gasteiger partial charge in [0.2, 0.25) is 0 Å². The number of allylic oxidation sites excluding steroid dienone is 3. The van der Waals surface area contributed by atoms with Crippen molar-refractivity contribution in [3.05, 3.63) is 127 Å². The maximum Gasteiger partial charge on any atom is 0.490 e. The molecule has 1 amide bonds. The van der Waals surface area contributed by atoms with E-state index in [2.05, 4.69) is 47.7 Å². The van der Waals surface area contributed by atoms with Crippen molar-refractivity contribution in [1.29, 1.82) is 0 Å². The van der Waals surface area contributed by atoms with E-state index in [-0.39, 0.29) is 54.7 Å². The van der Waals surface area contributed by atoms with Gasteiger partial charge in [-0.2, -0.15) is 8.62 Å². The summed E-state index contributed by atoms with van der Waals surface area (Å²) in [6.07, 6.45) is 2.98. The Morgan fingerprint density at radius 1 is 1.08 bits per heavy atom. The van der Waals surface area contributed by atoms with Crippen molar-refractivity contribution < 1.29 is 80.1 Å². The number of amides is 1. The standard InChI is InChI=1S/C46H56N5O19P3S2/c1-8-14-65-38-21-40(68-39(38)23-66-72(60,61)70-73(62,63)69-71(57,58)59)51-22-29(43(53)50-45(51)56)11-10-15-64-25-74-75-46(5,6)24-49-42(52)28-12-13-30(31(18-28)44(54)55)41-32-16-26(3)34(47-7)19-36(32)67-37-20-35(48-9-2)27(4)17-33(37)41/h8,12-13,16-20,22,32,38-41,48H,1,9,14-15,21,23-25H2,2-7H3,(H,49,52)(H,54,55)(H,60,61)(H,62,63)(H,50,53,56)(H2,57,58,59)/t32?,38?,39-,40-,41?/m1/s1. The summed E-state index contributed by atoms with van der Waals surface area (Å²) in [6.45, 7) is 13.1. The number of ether oxygens (including phenoxy) is 4. The van der Waals surface area contributed by atoms with Crippen LogP contribution < -0.4 is 26.6 Å². The molecule has 0 saturated carbocycles. The highest BCUT2D eigenvalue weighted by molar-refractivity contribution is 8.77. The van der Waals surface area contributed by atoms with Gasteiger partial charge < -0.3 is 54.3 Å². The maximum absolute atomic E-state index is 13.6. The molecular formula is C46H56N5O19P3S2. The molecule has 7 atom stereocenters. The largest absolute Gasteiger partial charge is 0.490 e. The number of aromatic amines is 1. The third-order valence-corrected chi connectivity index (χ3v) is 18.2. The number of fused-ring (bicyclic) bond motifs is 2. The van der Waals surface area contributed by atoms with Crippen LogP contribution >= 0.6 is 45.1 Å². The molecule has 29 heteroatoms. The van der Waals surface area contributed by atoms with Crippen LogP contribution in [0.2, 0.25) is 0 Å². The molecule has 6 rings (SSSR count). The summed E-state index contributed by atoms with van der Waals surface area (Å²) in [5, 5.41) is 16.9. The van der Waals surface area contributed by atoms with Crippen LogP contribution in [0.25, 0.3) is 0 Å². The van der Waals surface area contributed by atoms with Crippen LogP contribution in [0, 0.1) is 24.7 Å². The lowest BCUT2D eigenvalue weighted by atomic mass is 9.73. The summed E-state index contributed by atoms with van der Waals surface area (Å²) in [5.74, 6) is 4.30. The molecule has 75 heavy (non-hydrogen) atoms. The van der Waals surface area contributed by atoms with Gasteiger partial charge in [0.15, 0.2) is 0 Å². The summed E-state index contributed by atoms with van der Waals surface area (Å²) in [6, 6.07) is 8.69. The minimum absolute atomic E-state index is 0.0111. The summed E-state index contributed by atoms with van der Waals surface area (Å²) in [5.41, 5.74) is 3.20. The van der Waals surface area contributed by atoms with E-state index < -0.39 is 82.3 Å². The monoisotopic (exact) mass is 1140 g/mol. The number of nitrogens with one attached hydrogen (secondary N) is 3. The second-order valence-corrected chi connectivity index (χ2v) is 24.9. The van der Waals surface area contributed by atoms with E-state index in [1.807, 2.05) is 58.9 Å². The van der Waals surface area contributed by atoms with Gasteiger partial charge in [0, 0.05) is 78.3 Å². The Labute approximate surface area is 438 Å². The van der Waals surface area contributed by atoms with Gasteiger partial charge >= 0.3 is 35.1 Å². The molecule has 0 radical (unpaired) electrons. The van der Waals surface area contributed by atoms with Crippen molar-refractivity contribution in [3.8, 4) is 17.6 Å². The SMILES string of the molecule is C=CCOC1C[C@H](n2cc(C#CCOCSSC(C)(C)CNC(=O)c3ccc(C4c5cc(C)c(NCC)cc5OC5=CC(=NC)C(C)=CC54)c(C(=O)O)c3)c(=O)[nH]c2=O)O[C@@H]1COP(=O)(O)OP(=O)(O)OP(=O)(O)O. The van der Waals surface area contributed by atoms with Crippen molar-refractivity contribution in [2.45, 2.75) is 70.1 Å². The minimum atomic E-state index is -5.79. The third-order valence-electron chi connectivity index (χ3n) is 11.4. The minimum Gasteiger partial charge on any atom is -0.478 e. The Morgan fingerprint density at radius 3 is 2.51 bits per heavy atom. The number of aromatic nitrogens is 2. The number of carboxylic acids is 1. The molecule has 1 fully saturated rings. The zero-order chi connectivity index (χ0) is 55.0. The third kappa shape index (κ3) is 15.9. The molecule has 2 aliphatic heterocycles. The van der Waals surface area contributed by atoms with Crippen LogP contribution in [0.4, 0.5) is 5.69 Å². The van der Waals surface area contributed by atoms with Crippen molar-refractivity contribution in [1.82, 2.24) is 14.9 Å². The van der Waals surface area contributed by atoms with Gasteiger partial charge in [-0.15, -0.1) is 6.58 Å². The number of hydrogen-bond acceptors (Lipinski definition) is 18. The van der Waals surface area contributed by atoms with Crippen LogP contribution in [-0.4, -0.2) is 115 Å². The summed E-state index contributed by atoms with van der Waals surface area (Å²) in [4.78, 5) is 95.6. The van der Waals surface area contributed by atoms with E-state index in [0.717, 1.165) is 38.9 Å². The predicted molar refractivity (Wildman–Crippen MR) is 279 cm³/mol. The molecule has 5 unspecified atom stereocenters. The fourth-order valence-electron chi connectivity index (χ4n) is 8.15. The second-order valence-electron chi connectivity index (χ2n) is 17.5. The van der Waals surface area contributed by atoms with Crippen LogP contribution in [0.1, 0.15) is 89.2 Å². The van der Waals surface area contributed by atoms with E-state index >= 15 is 0 Å². The van der Waals surface area contributed by atoms with E-state index in [0.29, 0.717) is 23.6 Å². The smallest absolute Gasteiger partial charge is 0.478 e. The first-order chi connectivity index (χ1) is 35.2. The number of aliphatic imine (C=N–C) groups is 1. The number of nitrogens with zero attached hydrogens (tertiary/aromatic N) is 2. The lowest BCUT2D eigenvalue weighted by Gasteiger charge is -2.37. The predicted octanol–water partition coefficient (Wildman–Crippen LogP) is 6.15. The molecule has 3 aliphatic rings. The molecule has 1 aliphatic carbocycles. The molecule has 8 N–H and O–H groups in total. The maximum atomic E-state index is 13.6. The molecule has 0 bridgehead atoms. The summed E-state index contributed by atoms with van der Waals surface area (Å²) < 4.78 is 71.2. The lowest BCUT2D eigenvalue weighted by Crippen LogP contribution is -2.36. The van der Waals surface area contributed by atoms with Gasteiger partial charge in [-0.1, -0.05) is 51.6 Å². The number of aryl methyl sites for hydroxylation is 1. The number of H-pyrrole nitrogens is 1. The molecule has 1 aromatic heterocycles. The Hall–Kier alpha value is -4.90. The van der Waals surface area contributed by atoms with Gasteiger partial charge in [-0.05, 0) is 69.5 Å². The van der Waals surface area contributed by atoms with Crippen LogP contribution in [0.5, 0.6) is 5.75 Å². The van der Waals surface area contributed by atoms with Gasteiger partial charge in [-0.25, -0.2) is 23.3 Å². The quantitative estimate of drug-likeness (QED) is 0.0132. The van der Waals surface area contributed by atoms with Crippen molar-refractivity contribution in [3.63, 3.8) is 0 Å². The second kappa shape index (κ2) is 25.1. The molecule has 406 valence electrons. The number of aromatic carboxylic acids is 1. The number of carbonyl (C=O) groups excluding carboxylic acids is 1.